The summed E-state index contributed by atoms with van der Waals surface area (Å²) in [6, 6.07) is 14.9. The molecule has 36 heavy (non-hydrogen) atoms. The number of anilines is 3. The highest BCUT2D eigenvalue weighted by molar-refractivity contribution is 7.91. The summed E-state index contributed by atoms with van der Waals surface area (Å²) in [7, 11) is -3.51. The number of fused-ring (bicyclic) bond motifs is 1. The molecule has 10 heteroatoms. The summed E-state index contributed by atoms with van der Waals surface area (Å²) >= 11 is 6.18. The molecule has 3 aromatic rings. The Hall–Kier alpha value is -3.17. The number of nitrogens with one attached hydrogen (secondary N) is 1. The molecule has 5 rings (SSSR count). The van der Waals surface area contributed by atoms with Gasteiger partial charge in [0.1, 0.15) is 4.90 Å². The second-order valence-electron chi connectivity index (χ2n) is 9.28. The summed E-state index contributed by atoms with van der Waals surface area (Å²) in [4.78, 5) is 22.6. The molecule has 3 heterocycles. The highest BCUT2D eigenvalue weighted by Crippen LogP contribution is 2.35. The van der Waals surface area contributed by atoms with Crippen molar-refractivity contribution in [3.63, 3.8) is 0 Å². The Morgan fingerprint density at radius 3 is 2.56 bits per heavy atom. The summed E-state index contributed by atoms with van der Waals surface area (Å²) in [6.45, 7) is 1.51. The van der Waals surface area contributed by atoms with Crippen LogP contribution in [0.25, 0.3) is 0 Å². The molecule has 0 amide bonds. The van der Waals surface area contributed by atoms with Gasteiger partial charge in [0.2, 0.25) is 5.95 Å². The third-order valence-corrected chi connectivity index (χ3v) is 8.84. The number of carbonyl (C=O) groups is 1. The molecule has 1 saturated heterocycles. The van der Waals surface area contributed by atoms with E-state index in [0.29, 0.717) is 41.7 Å². The second kappa shape index (κ2) is 10.1. The summed E-state index contributed by atoms with van der Waals surface area (Å²) in [5.74, 6) is 0.369. The molecule has 188 valence electrons. The van der Waals surface area contributed by atoms with E-state index in [4.69, 9.17) is 26.7 Å². The first-order chi connectivity index (χ1) is 17.3. The molecule has 0 spiro atoms. The standard InChI is InChI=1S/C26H27ClN4O4S/c27-20-4-1-3-19(16-20)18-10-12-31(13-11-18)26-29-22-5-2-14-36(34,35)24(22)25(30-26)28-21-8-6-17(7-9-21)15-23(32)33/h1,3-4,6-9,16,18H,2,5,10-15H2,(H,32,33)(H,28,29,30). The number of carboxylic acids is 1. The van der Waals surface area contributed by atoms with E-state index in [2.05, 4.69) is 16.3 Å². The van der Waals surface area contributed by atoms with Gasteiger partial charge in [0.15, 0.2) is 15.7 Å². The van der Waals surface area contributed by atoms with Crippen molar-refractivity contribution < 1.29 is 18.3 Å². The van der Waals surface area contributed by atoms with Gasteiger partial charge in [-0.2, -0.15) is 4.98 Å². The van der Waals surface area contributed by atoms with E-state index < -0.39 is 15.8 Å². The maximum absolute atomic E-state index is 13.0. The van der Waals surface area contributed by atoms with Gasteiger partial charge in [-0.25, -0.2) is 13.4 Å². The van der Waals surface area contributed by atoms with Crippen LogP contribution in [0, 0.1) is 0 Å². The SMILES string of the molecule is O=C(O)Cc1ccc(Nc2nc(N3CCC(c4cccc(Cl)c4)CC3)nc3c2S(=O)(=O)CCC3)cc1. The van der Waals surface area contributed by atoms with Crippen LogP contribution in [0.5, 0.6) is 0 Å². The van der Waals surface area contributed by atoms with Crippen LogP contribution < -0.4 is 10.2 Å². The number of hydrogen-bond acceptors (Lipinski definition) is 7. The minimum Gasteiger partial charge on any atom is -0.481 e. The van der Waals surface area contributed by atoms with Crippen molar-refractivity contribution in [3.05, 3.63) is 70.4 Å². The number of piperidine rings is 1. The molecular weight excluding hydrogens is 500 g/mol. The van der Waals surface area contributed by atoms with Gasteiger partial charge in [-0.05, 0) is 67.0 Å². The Balaban J connectivity index is 1.41. The number of rotatable bonds is 6. The van der Waals surface area contributed by atoms with Gasteiger partial charge in [0, 0.05) is 23.8 Å². The number of aromatic nitrogens is 2. The van der Waals surface area contributed by atoms with E-state index in [0.717, 1.165) is 31.0 Å². The van der Waals surface area contributed by atoms with E-state index in [9.17, 15) is 13.2 Å². The average molecular weight is 527 g/mol. The number of sulfone groups is 1. The number of benzene rings is 2. The summed E-state index contributed by atoms with van der Waals surface area (Å²) < 4.78 is 25.9. The van der Waals surface area contributed by atoms with E-state index in [-0.39, 0.29) is 22.9 Å². The van der Waals surface area contributed by atoms with Crippen LogP contribution in [0.2, 0.25) is 5.02 Å². The van der Waals surface area contributed by atoms with E-state index in [1.165, 1.54) is 5.56 Å². The molecule has 0 radical (unpaired) electrons. The van der Waals surface area contributed by atoms with Crippen LogP contribution in [-0.2, 0) is 27.5 Å². The molecule has 0 atom stereocenters. The molecule has 2 aromatic carbocycles. The highest BCUT2D eigenvalue weighted by Gasteiger charge is 2.32. The van der Waals surface area contributed by atoms with Crippen LogP contribution in [-0.4, -0.2) is 48.3 Å². The first-order valence-corrected chi connectivity index (χ1v) is 14.0. The second-order valence-corrected chi connectivity index (χ2v) is 11.8. The minimum atomic E-state index is -3.51. The van der Waals surface area contributed by atoms with Crippen molar-refractivity contribution in [2.45, 2.75) is 42.9 Å². The van der Waals surface area contributed by atoms with Crippen molar-refractivity contribution in [1.82, 2.24) is 9.97 Å². The Morgan fingerprint density at radius 1 is 1.11 bits per heavy atom. The summed E-state index contributed by atoms with van der Waals surface area (Å²) in [5, 5.41) is 12.9. The fourth-order valence-corrected chi connectivity index (χ4v) is 6.75. The van der Waals surface area contributed by atoms with Crippen LogP contribution in [0.15, 0.2) is 53.4 Å². The highest BCUT2D eigenvalue weighted by atomic mass is 35.5. The van der Waals surface area contributed by atoms with Gasteiger partial charge in [0.05, 0.1) is 17.9 Å². The Morgan fingerprint density at radius 2 is 1.86 bits per heavy atom. The molecule has 8 nitrogen and oxygen atoms in total. The number of aliphatic carboxylic acids is 1. The number of halogens is 1. The minimum absolute atomic E-state index is 0.0694. The normalized spacial score (nSPS) is 17.4. The summed E-state index contributed by atoms with van der Waals surface area (Å²) in [5.41, 5.74) is 3.08. The molecule has 2 N–H and O–H groups in total. The predicted octanol–water partition coefficient (Wildman–Crippen LogP) is 4.60. The van der Waals surface area contributed by atoms with Gasteiger partial charge < -0.3 is 15.3 Å². The number of nitrogens with zero attached hydrogens (tertiary/aromatic N) is 3. The molecule has 0 unspecified atom stereocenters. The quantitative estimate of drug-likeness (QED) is 0.479. The maximum atomic E-state index is 13.0. The summed E-state index contributed by atoms with van der Waals surface area (Å²) in [6.07, 6.45) is 2.88. The lowest BCUT2D eigenvalue weighted by Gasteiger charge is -2.33. The van der Waals surface area contributed by atoms with Crippen molar-refractivity contribution in [2.75, 3.05) is 29.1 Å². The van der Waals surface area contributed by atoms with E-state index in [1.54, 1.807) is 24.3 Å². The first kappa shape index (κ1) is 24.5. The van der Waals surface area contributed by atoms with Crippen LogP contribution in [0.3, 0.4) is 0 Å². The molecule has 0 saturated carbocycles. The van der Waals surface area contributed by atoms with Crippen LogP contribution >= 0.6 is 11.6 Å². The monoisotopic (exact) mass is 526 g/mol. The van der Waals surface area contributed by atoms with Crippen LogP contribution in [0.4, 0.5) is 17.5 Å². The van der Waals surface area contributed by atoms with Crippen molar-refractivity contribution in [1.29, 1.82) is 0 Å². The predicted molar refractivity (Wildman–Crippen MR) is 139 cm³/mol. The van der Waals surface area contributed by atoms with Gasteiger partial charge in [-0.1, -0.05) is 35.9 Å². The Labute approximate surface area is 215 Å². The lowest BCUT2D eigenvalue weighted by Crippen LogP contribution is -2.35. The van der Waals surface area contributed by atoms with Crippen molar-refractivity contribution in [2.24, 2.45) is 0 Å². The molecule has 1 aromatic heterocycles. The van der Waals surface area contributed by atoms with Gasteiger partial charge >= 0.3 is 5.97 Å². The van der Waals surface area contributed by atoms with E-state index >= 15 is 0 Å². The number of hydrogen-bond donors (Lipinski definition) is 2. The molecule has 2 aliphatic heterocycles. The lowest BCUT2D eigenvalue weighted by molar-refractivity contribution is -0.136. The molecule has 1 fully saturated rings. The largest absolute Gasteiger partial charge is 0.481 e. The third kappa shape index (κ3) is 5.32. The average Bonchev–Trinajstić information content (AvgIpc) is 2.84. The Kier molecular flexibility index (Phi) is 6.85. The molecule has 2 aliphatic rings. The van der Waals surface area contributed by atoms with Crippen LogP contribution in [0.1, 0.15) is 42.0 Å². The lowest BCUT2D eigenvalue weighted by atomic mass is 9.89. The third-order valence-electron chi connectivity index (χ3n) is 6.73. The smallest absolute Gasteiger partial charge is 0.307 e. The fourth-order valence-electron chi connectivity index (χ4n) is 4.93. The number of aryl methyl sites for hydroxylation is 1. The molecular formula is C26H27ClN4O4S. The van der Waals surface area contributed by atoms with E-state index in [1.807, 2.05) is 18.2 Å². The zero-order chi connectivity index (χ0) is 25.3. The topological polar surface area (TPSA) is 112 Å². The van der Waals surface area contributed by atoms with Crippen molar-refractivity contribution >= 4 is 44.9 Å². The maximum Gasteiger partial charge on any atom is 0.307 e. The zero-order valence-corrected chi connectivity index (χ0v) is 21.2. The molecule has 0 aliphatic carbocycles. The zero-order valence-electron chi connectivity index (χ0n) is 19.7. The van der Waals surface area contributed by atoms with Gasteiger partial charge in [-0.15, -0.1) is 0 Å². The first-order valence-electron chi connectivity index (χ1n) is 12.0. The Bertz CT molecular complexity index is 1390. The molecule has 0 bridgehead atoms. The van der Waals surface area contributed by atoms with Gasteiger partial charge in [0.25, 0.3) is 0 Å². The van der Waals surface area contributed by atoms with Gasteiger partial charge in [-0.3, -0.25) is 4.79 Å². The van der Waals surface area contributed by atoms with Crippen molar-refractivity contribution in [3.8, 4) is 0 Å². The fraction of sp³-hybridized carbons (Fsp3) is 0.346. The number of carboxylic acid groups (broad SMARTS) is 1.